The van der Waals surface area contributed by atoms with Crippen molar-refractivity contribution >= 4 is 41.1 Å². The number of nitrogens with zero attached hydrogens (tertiary/aromatic N) is 3. The molecule has 3 aliphatic heterocycles. The number of carbonyl (C=O) groups is 4. The first-order valence-electron chi connectivity index (χ1n) is 11.9. The summed E-state index contributed by atoms with van der Waals surface area (Å²) in [5.41, 5.74) is 8.03. The lowest BCUT2D eigenvalue weighted by atomic mass is 10.0. The van der Waals surface area contributed by atoms with Crippen LogP contribution in [0.15, 0.2) is 71.7 Å². The van der Waals surface area contributed by atoms with Crippen molar-refractivity contribution in [1.29, 1.82) is 0 Å². The molecule has 3 amide bonds. The highest BCUT2D eigenvalue weighted by Crippen LogP contribution is 2.40. The van der Waals surface area contributed by atoms with Crippen molar-refractivity contribution in [2.24, 2.45) is 5.73 Å². The van der Waals surface area contributed by atoms with E-state index in [9.17, 15) is 29.4 Å². The molecule has 2 fully saturated rings. The summed E-state index contributed by atoms with van der Waals surface area (Å²) in [5.74, 6) is -1.61. The Morgan fingerprint density at radius 3 is 2.71 bits per heavy atom. The number of benzene rings is 1. The second kappa shape index (κ2) is 10.3. The van der Waals surface area contributed by atoms with Crippen LogP contribution in [0.1, 0.15) is 12.0 Å². The van der Waals surface area contributed by atoms with Gasteiger partial charge in [0, 0.05) is 35.2 Å². The normalized spacial score (nSPS) is 22.0. The van der Waals surface area contributed by atoms with E-state index in [1.807, 2.05) is 6.07 Å². The van der Waals surface area contributed by atoms with Crippen LogP contribution in [-0.2, 0) is 32.3 Å². The number of hydrogen-bond acceptors (Lipinski definition) is 7. The number of aromatic hydroxyl groups is 1. The molecule has 3 aliphatic rings. The van der Waals surface area contributed by atoms with E-state index >= 15 is 0 Å². The number of pyridine rings is 1. The largest absolute Gasteiger partial charge is 0.508 e. The number of allylic oxidation sites excluding steroid dienone is 1. The van der Waals surface area contributed by atoms with E-state index in [4.69, 9.17) is 5.73 Å². The first-order valence-corrected chi connectivity index (χ1v) is 13.0. The molecule has 2 atom stereocenters. The van der Waals surface area contributed by atoms with Gasteiger partial charge in [0.1, 0.15) is 22.9 Å². The van der Waals surface area contributed by atoms with E-state index in [1.165, 1.54) is 28.8 Å². The molecule has 0 unspecified atom stereocenters. The number of β-lactam (4-membered cyclic amide) rings is 1. The molecule has 11 nitrogen and oxygen atoms in total. The molecule has 2 saturated heterocycles. The second-order valence-corrected chi connectivity index (χ2v) is 10.3. The Morgan fingerprint density at radius 2 is 1.97 bits per heavy atom. The fraction of sp³-hybridized carbons (Fsp3) is 0.269. The Bertz CT molecular complexity index is 1390. The van der Waals surface area contributed by atoms with Gasteiger partial charge in [0.15, 0.2) is 12.4 Å². The third kappa shape index (κ3) is 5.00. The number of fused-ring (bicyclic) bond motifs is 1. The van der Waals surface area contributed by atoms with Crippen molar-refractivity contribution in [3.8, 4) is 5.75 Å². The van der Waals surface area contributed by atoms with Crippen LogP contribution in [0, 0.1) is 0 Å². The van der Waals surface area contributed by atoms with Gasteiger partial charge in [-0.1, -0.05) is 0 Å². The maximum atomic E-state index is 13.1. The standard InChI is InChI=1S/C26H25N5O6S/c27-21-24(35)31-22(26(36)37)17(14-38-25(21)31)10-16-7-9-30(23(16)34)12-15-2-1-8-29(11-15)13-20(33)28-18-3-5-19(32)6-4-18/h1-6,8,10-11,21,25H,7,9,12-14,27H2,(H2-,28,32,33,36,37)/p+1/t21-,25-/m1/s1. The van der Waals surface area contributed by atoms with Crippen LogP contribution < -0.4 is 15.6 Å². The third-order valence-corrected chi connectivity index (χ3v) is 7.90. The number of carboxylic acid groups (broad SMARTS) is 1. The number of nitrogens with one attached hydrogen (secondary N) is 1. The maximum absolute atomic E-state index is 13.1. The summed E-state index contributed by atoms with van der Waals surface area (Å²) in [5, 5.41) is 21.5. The van der Waals surface area contributed by atoms with Crippen LogP contribution in [0.2, 0.25) is 0 Å². The Kier molecular flexibility index (Phi) is 6.91. The number of rotatable bonds is 7. The maximum Gasteiger partial charge on any atom is 0.352 e. The van der Waals surface area contributed by atoms with Crippen molar-refractivity contribution < 1.29 is 34.0 Å². The van der Waals surface area contributed by atoms with Crippen molar-refractivity contribution in [2.45, 2.75) is 30.9 Å². The molecule has 196 valence electrons. The highest BCUT2D eigenvalue weighted by atomic mass is 32.2. The minimum Gasteiger partial charge on any atom is -0.508 e. The molecule has 0 saturated carbocycles. The zero-order valence-electron chi connectivity index (χ0n) is 20.2. The van der Waals surface area contributed by atoms with E-state index in [0.29, 0.717) is 42.1 Å². The average Bonchev–Trinajstić information content (AvgIpc) is 3.23. The van der Waals surface area contributed by atoms with Gasteiger partial charge in [0.05, 0.1) is 6.54 Å². The van der Waals surface area contributed by atoms with Crippen LogP contribution in [0.25, 0.3) is 0 Å². The fourth-order valence-electron chi connectivity index (χ4n) is 4.71. The number of anilines is 1. The first kappa shape index (κ1) is 25.5. The topological polar surface area (TPSA) is 157 Å². The minimum absolute atomic E-state index is 0.0669. The minimum atomic E-state index is -1.21. The van der Waals surface area contributed by atoms with Gasteiger partial charge in [-0.05, 0) is 48.4 Å². The van der Waals surface area contributed by atoms with Crippen LogP contribution in [0.3, 0.4) is 0 Å². The smallest absolute Gasteiger partial charge is 0.352 e. The number of thioether (sulfide) groups is 1. The predicted molar refractivity (Wildman–Crippen MR) is 137 cm³/mol. The molecule has 5 rings (SSSR count). The summed E-state index contributed by atoms with van der Waals surface area (Å²) in [4.78, 5) is 52.5. The molecule has 0 bridgehead atoms. The lowest BCUT2D eigenvalue weighted by molar-refractivity contribution is -0.684. The molecule has 38 heavy (non-hydrogen) atoms. The van der Waals surface area contributed by atoms with E-state index in [0.717, 1.165) is 5.56 Å². The molecular formula is C26H26N5O6S+. The number of phenols is 1. The molecule has 12 heteroatoms. The highest BCUT2D eigenvalue weighted by Gasteiger charge is 2.51. The highest BCUT2D eigenvalue weighted by molar-refractivity contribution is 8.00. The number of carboxylic acids is 1. The Morgan fingerprint density at radius 1 is 1.21 bits per heavy atom. The van der Waals surface area contributed by atoms with E-state index in [1.54, 1.807) is 46.1 Å². The lowest BCUT2D eigenvalue weighted by Crippen LogP contribution is -2.68. The summed E-state index contributed by atoms with van der Waals surface area (Å²) in [7, 11) is 0. The number of aromatic nitrogens is 1. The van der Waals surface area contributed by atoms with Gasteiger partial charge in [-0.3, -0.25) is 19.3 Å². The van der Waals surface area contributed by atoms with Gasteiger partial charge in [0.25, 0.3) is 5.91 Å². The van der Waals surface area contributed by atoms with Gasteiger partial charge in [-0.25, -0.2) is 4.79 Å². The summed E-state index contributed by atoms with van der Waals surface area (Å²) >= 11 is 1.39. The molecule has 5 N–H and O–H groups in total. The van der Waals surface area contributed by atoms with Crippen LogP contribution >= 0.6 is 11.8 Å². The Hall–Kier alpha value is -4.16. The predicted octanol–water partition coefficient (Wildman–Crippen LogP) is 0.558. The van der Waals surface area contributed by atoms with Crippen molar-refractivity contribution in [3.05, 3.63) is 77.3 Å². The van der Waals surface area contributed by atoms with Crippen molar-refractivity contribution in [3.63, 3.8) is 0 Å². The third-order valence-electron chi connectivity index (χ3n) is 6.57. The molecule has 1 aromatic heterocycles. The van der Waals surface area contributed by atoms with Gasteiger partial charge >= 0.3 is 5.97 Å². The van der Waals surface area contributed by atoms with Gasteiger partial charge < -0.3 is 26.2 Å². The van der Waals surface area contributed by atoms with Gasteiger partial charge in [-0.2, -0.15) is 4.57 Å². The molecule has 2 aromatic rings. The molecule has 4 heterocycles. The number of carbonyl (C=O) groups excluding carboxylic acids is 3. The lowest BCUT2D eigenvalue weighted by Gasteiger charge is -2.47. The summed E-state index contributed by atoms with van der Waals surface area (Å²) in [6.45, 7) is 0.870. The summed E-state index contributed by atoms with van der Waals surface area (Å²) in [6, 6.07) is 9.15. The molecule has 1 aromatic carbocycles. The van der Waals surface area contributed by atoms with Crippen molar-refractivity contribution in [2.75, 3.05) is 17.6 Å². The zero-order valence-corrected chi connectivity index (χ0v) is 21.1. The summed E-state index contributed by atoms with van der Waals surface area (Å²) < 4.78 is 1.72. The monoisotopic (exact) mass is 536 g/mol. The Balaban J connectivity index is 1.25. The van der Waals surface area contributed by atoms with E-state index in [-0.39, 0.29) is 35.2 Å². The SMILES string of the molecule is N[C@@H]1C(=O)N2C(C(=O)O)=C(C=C3CCN(Cc4ccc[n+](CC(=O)Nc5ccc(O)cc5)c4)C3=O)CS[C@H]12. The quantitative estimate of drug-likeness (QED) is 0.173. The van der Waals surface area contributed by atoms with Crippen molar-refractivity contribution in [1.82, 2.24) is 9.80 Å². The number of hydrogen-bond donors (Lipinski definition) is 4. The van der Waals surface area contributed by atoms with Crippen LogP contribution in [-0.4, -0.2) is 67.4 Å². The van der Waals surface area contributed by atoms with Crippen LogP contribution in [0.4, 0.5) is 5.69 Å². The second-order valence-electron chi connectivity index (χ2n) is 9.24. The molecule has 0 radical (unpaired) electrons. The average molecular weight is 537 g/mol. The number of nitrogens with two attached hydrogens (primary N) is 1. The first-order chi connectivity index (χ1) is 18.2. The molecule has 0 spiro atoms. The van der Waals surface area contributed by atoms with E-state index < -0.39 is 17.9 Å². The van der Waals surface area contributed by atoms with Crippen LogP contribution in [0.5, 0.6) is 5.75 Å². The number of phenolic OH excluding ortho intramolecular Hbond substituents is 1. The summed E-state index contributed by atoms with van der Waals surface area (Å²) in [6.07, 6.45) is 5.62. The molecule has 0 aliphatic carbocycles. The zero-order chi connectivity index (χ0) is 27.0. The molecular weight excluding hydrogens is 510 g/mol. The number of aliphatic carboxylic acids is 1. The number of likely N-dealkylation sites (tertiary alicyclic amines) is 1. The van der Waals surface area contributed by atoms with Gasteiger partial charge in [-0.15, -0.1) is 11.8 Å². The van der Waals surface area contributed by atoms with E-state index in [2.05, 4.69) is 5.32 Å². The Labute approximate surface area is 222 Å². The van der Waals surface area contributed by atoms with Gasteiger partial charge in [0.2, 0.25) is 18.4 Å². The fourth-order valence-corrected chi connectivity index (χ4v) is 5.96. The number of amides is 3.